The van der Waals surface area contributed by atoms with Crippen molar-refractivity contribution in [1.82, 2.24) is 0 Å². The molecule has 0 aromatic heterocycles. The van der Waals surface area contributed by atoms with E-state index in [0.29, 0.717) is 5.56 Å². The molecule has 0 spiro atoms. The molecule has 0 amide bonds. The van der Waals surface area contributed by atoms with Crippen LogP contribution in [0.5, 0.6) is 5.75 Å². The molecule has 0 aliphatic rings. The van der Waals surface area contributed by atoms with Gasteiger partial charge in [0.1, 0.15) is 5.75 Å². The molecular weight excluding hydrogens is 378 g/mol. The Morgan fingerprint density at radius 3 is 1.94 bits per heavy atom. The first-order valence-corrected chi connectivity index (χ1v) is 10.1. The molecule has 31 heavy (non-hydrogen) atoms. The van der Waals surface area contributed by atoms with Crippen molar-refractivity contribution in [2.75, 3.05) is 0 Å². The molecule has 0 heterocycles. The zero-order valence-corrected chi connectivity index (χ0v) is 16.8. The topological polar surface area (TPSA) is 32.6 Å². The Balaban J connectivity index is 1.48. The van der Waals surface area contributed by atoms with Crippen LogP contribution in [0.2, 0.25) is 0 Å². The fourth-order valence-electron chi connectivity index (χ4n) is 3.65. The van der Waals surface area contributed by atoms with Gasteiger partial charge in [0.25, 0.3) is 0 Å². The third-order valence-corrected chi connectivity index (χ3v) is 5.26. The Morgan fingerprint density at radius 1 is 0.645 bits per heavy atom. The van der Waals surface area contributed by atoms with Crippen molar-refractivity contribution in [3.05, 3.63) is 120 Å². The zero-order valence-electron chi connectivity index (χ0n) is 16.8. The zero-order chi connectivity index (χ0) is 21.0. The largest absolute Gasteiger partial charge is 0.507 e. The molecule has 0 aliphatic heterocycles. The highest BCUT2D eigenvalue weighted by Crippen LogP contribution is 2.28. The predicted octanol–water partition coefficient (Wildman–Crippen LogP) is 6.85. The minimum absolute atomic E-state index is 0.219. The summed E-state index contributed by atoms with van der Waals surface area (Å²) in [6.07, 6.45) is 1.66. The summed E-state index contributed by atoms with van der Waals surface area (Å²) < 4.78 is 0. The Labute approximate surface area is 181 Å². The molecule has 0 fully saturated rings. The summed E-state index contributed by atoms with van der Waals surface area (Å²) in [5.74, 6) is 6.94. The van der Waals surface area contributed by atoms with E-state index in [1.165, 1.54) is 10.8 Å². The maximum Gasteiger partial charge on any atom is 0.124 e. The first kappa shape index (κ1) is 18.7. The maximum atomic E-state index is 9.85. The fraction of sp³-hybridized carbons (Fsp3) is 0. The molecule has 5 aromatic rings. The van der Waals surface area contributed by atoms with E-state index < -0.39 is 0 Å². The molecule has 0 atom stereocenters. The van der Waals surface area contributed by atoms with Crippen molar-refractivity contribution in [3.8, 4) is 17.6 Å². The van der Waals surface area contributed by atoms with Crippen molar-refractivity contribution in [3.63, 3.8) is 0 Å². The predicted molar refractivity (Wildman–Crippen MR) is 129 cm³/mol. The van der Waals surface area contributed by atoms with Gasteiger partial charge in [0.05, 0.1) is 5.69 Å². The van der Waals surface area contributed by atoms with Crippen LogP contribution in [0, 0.1) is 11.8 Å². The number of phenols is 1. The number of aromatic hydroxyl groups is 1. The van der Waals surface area contributed by atoms with Crippen LogP contribution in [0.1, 0.15) is 16.7 Å². The van der Waals surface area contributed by atoms with Crippen LogP contribution in [-0.2, 0) is 0 Å². The van der Waals surface area contributed by atoms with Gasteiger partial charge in [0.2, 0.25) is 0 Å². The summed E-state index contributed by atoms with van der Waals surface area (Å²) in [5.41, 5.74) is 3.48. The number of nitrogens with zero attached hydrogens (tertiary/aromatic N) is 1. The molecule has 0 bridgehead atoms. The van der Waals surface area contributed by atoms with Crippen LogP contribution >= 0.6 is 0 Å². The van der Waals surface area contributed by atoms with Gasteiger partial charge in [-0.15, -0.1) is 0 Å². The lowest BCUT2D eigenvalue weighted by Crippen LogP contribution is -1.85. The number of para-hydroxylation sites is 1. The smallest absolute Gasteiger partial charge is 0.124 e. The number of rotatable bonds is 2. The molecule has 0 unspecified atom stereocenters. The quantitative estimate of drug-likeness (QED) is 0.197. The average Bonchev–Trinajstić information content (AvgIpc) is 2.82. The van der Waals surface area contributed by atoms with Crippen molar-refractivity contribution >= 4 is 33.4 Å². The van der Waals surface area contributed by atoms with E-state index in [0.717, 1.165) is 27.6 Å². The minimum atomic E-state index is 0.219. The molecular formula is C29H19NO. The van der Waals surface area contributed by atoms with Crippen LogP contribution in [0.3, 0.4) is 0 Å². The Morgan fingerprint density at radius 2 is 1.26 bits per heavy atom. The lowest BCUT2D eigenvalue weighted by Gasteiger charge is -2.06. The van der Waals surface area contributed by atoms with Gasteiger partial charge in [-0.2, -0.15) is 0 Å². The van der Waals surface area contributed by atoms with Crippen molar-refractivity contribution in [2.24, 2.45) is 4.99 Å². The lowest BCUT2D eigenvalue weighted by molar-refractivity contribution is 0.474. The molecule has 0 saturated heterocycles. The SMILES string of the molecule is Oc1ccccc1C=Nc1ccc(C#Cc2c3ccccc3cc3ccccc23)cc1. The van der Waals surface area contributed by atoms with E-state index in [9.17, 15) is 5.11 Å². The second kappa shape index (κ2) is 8.18. The number of fused-ring (bicyclic) bond motifs is 2. The summed E-state index contributed by atoms with van der Waals surface area (Å²) in [6.45, 7) is 0. The molecule has 5 rings (SSSR count). The van der Waals surface area contributed by atoms with Crippen LogP contribution in [-0.4, -0.2) is 11.3 Å². The van der Waals surface area contributed by atoms with Crippen LogP contribution < -0.4 is 0 Å². The molecule has 2 heteroatoms. The third-order valence-electron chi connectivity index (χ3n) is 5.26. The van der Waals surface area contributed by atoms with E-state index in [1.807, 2.05) is 36.4 Å². The molecule has 5 aromatic carbocycles. The Kier molecular flexibility index (Phi) is 4.92. The van der Waals surface area contributed by atoms with Gasteiger partial charge in [-0.05, 0) is 64.0 Å². The van der Waals surface area contributed by atoms with E-state index in [2.05, 4.69) is 71.4 Å². The van der Waals surface area contributed by atoms with Crippen molar-refractivity contribution in [1.29, 1.82) is 0 Å². The number of benzene rings is 5. The standard InChI is InChI=1S/C29H19NO/c31-29-12-6-3-9-24(29)20-30-25-16-13-21(14-17-25)15-18-28-26-10-4-1-7-22(26)19-23-8-2-5-11-27(23)28/h1-14,16-17,19-20,31H. The molecule has 0 aliphatic carbocycles. The first-order valence-electron chi connectivity index (χ1n) is 10.1. The van der Waals surface area contributed by atoms with E-state index >= 15 is 0 Å². The summed E-state index contributed by atoms with van der Waals surface area (Å²) >= 11 is 0. The highest BCUT2D eigenvalue weighted by molar-refractivity contribution is 6.04. The molecule has 1 N–H and O–H groups in total. The first-order chi connectivity index (χ1) is 15.3. The summed E-state index contributed by atoms with van der Waals surface area (Å²) in [4.78, 5) is 4.45. The molecule has 0 saturated carbocycles. The minimum Gasteiger partial charge on any atom is -0.507 e. The van der Waals surface area contributed by atoms with Gasteiger partial charge in [0.15, 0.2) is 0 Å². The van der Waals surface area contributed by atoms with Gasteiger partial charge in [-0.25, -0.2) is 0 Å². The van der Waals surface area contributed by atoms with Crippen molar-refractivity contribution in [2.45, 2.75) is 0 Å². The number of hydrogen-bond acceptors (Lipinski definition) is 2. The third kappa shape index (κ3) is 3.90. The maximum absolute atomic E-state index is 9.85. The second-order valence-electron chi connectivity index (χ2n) is 7.31. The van der Waals surface area contributed by atoms with Gasteiger partial charge in [0, 0.05) is 22.9 Å². The van der Waals surface area contributed by atoms with Crippen LogP contribution in [0.15, 0.2) is 108 Å². The fourth-order valence-corrected chi connectivity index (χ4v) is 3.65. The Hall–Kier alpha value is -4.35. The molecule has 2 nitrogen and oxygen atoms in total. The Bertz CT molecular complexity index is 1430. The number of hydrogen-bond donors (Lipinski definition) is 1. The summed E-state index contributed by atoms with van der Waals surface area (Å²) in [5, 5.41) is 14.6. The number of phenolic OH excluding ortho intramolecular Hbond substituents is 1. The average molecular weight is 397 g/mol. The normalized spacial score (nSPS) is 11.0. The number of aliphatic imine (C=N–C) groups is 1. The summed E-state index contributed by atoms with van der Waals surface area (Å²) in [7, 11) is 0. The molecule has 146 valence electrons. The second-order valence-corrected chi connectivity index (χ2v) is 7.31. The van der Waals surface area contributed by atoms with Crippen LogP contribution in [0.4, 0.5) is 5.69 Å². The summed E-state index contributed by atoms with van der Waals surface area (Å²) in [6, 6.07) is 33.9. The molecule has 0 radical (unpaired) electrons. The van der Waals surface area contributed by atoms with Gasteiger partial charge in [-0.3, -0.25) is 4.99 Å². The lowest BCUT2D eigenvalue weighted by atomic mass is 9.97. The van der Waals surface area contributed by atoms with Gasteiger partial charge >= 0.3 is 0 Å². The monoisotopic (exact) mass is 397 g/mol. The van der Waals surface area contributed by atoms with E-state index in [4.69, 9.17) is 0 Å². The van der Waals surface area contributed by atoms with Crippen molar-refractivity contribution < 1.29 is 5.11 Å². The van der Waals surface area contributed by atoms with Gasteiger partial charge < -0.3 is 5.11 Å². The van der Waals surface area contributed by atoms with E-state index in [-0.39, 0.29) is 5.75 Å². The highest BCUT2D eigenvalue weighted by atomic mass is 16.3. The highest BCUT2D eigenvalue weighted by Gasteiger charge is 2.05. The van der Waals surface area contributed by atoms with E-state index in [1.54, 1.807) is 18.3 Å². The van der Waals surface area contributed by atoms with Gasteiger partial charge in [-0.1, -0.05) is 72.5 Å². The van der Waals surface area contributed by atoms with Crippen LogP contribution in [0.25, 0.3) is 21.5 Å².